The summed E-state index contributed by atoms with van der Waals surface area (Å²) in [6, 6.07) is 5.27. The van der Waals surface area contributed by atoms with Crippen LogP contribution in [-0.2, 0) is 0 Å². The van der Waals surface area contributed by atoms with Gasteiger partial charge in [-0.05, 0) is 24.6 Å². The minimum absolute atomic E-state index is 0.122. The number of H-pyrrole nitrogens is 1. The molecule has 0 atom stereocenters. The third-order valence-corrected chi connectivity index (χ3v) is 1.75. The minimum Gasteiger partial charge on any atom is -0.268 e. The summed E-state index contributed by atoms with van der Waals surface area (Å²) in [6.45, 7) is 1.98. The highest BCUT2D eigenvalue weighted by molar-refractivity contribution is 5.25. The first kappa shape index (κ1) is 7.79. The second kappa shape index (κ2) is 2.90. The SMILES string of the molecule is Cc1ccnc(-n2ccc(=O)[nH]2)c1. The van der Waals surface area contributed by atoms with Gasteiger partial charge in [-0.2, -0.15) is 0 Å². The Morgan fingerprint density at radius 3 is 2.92 bits per heavy atom. The van der Waals surface area contributed by atoms with Gasteiger partial charge in [-0.1, -0.05) is 0 Å². The van der Waals surface area contributed by atoms with Gasteiger partial charge in [-0.3, -0.25) is 9.89 Å². The maximum atomic E-state index is 10.8. The highest BCUT2D eigenvalue weighted by Gasteiger charge is 1.96. The highest BCUT2D eigenvalue weighted by Crippen LogP contribution is 2.02. The standard InChI is InChI=1S/C9H9N3O/c1-7-2-4-10-8(6-7)12-5-3-9(13)11-12/h2-6H,1H3,(H,11,13). The molecule has 0 aromatic carbocycles. The average molecular weight is 175 g/mol. The van der Waals surface area contributed by atoms with E-state index in [1.54, 1.807) is 17.1 Å². The maximum absolute atomic E-state index is 10.8. The van der Waals surface area contributed by atoms with Crippen LogP contribution in [0.1, 0.15) is 5.56 Å². The Balaban J connectivity index is 2.52. The van der Waals surface area contributed by atoms with E-state index in [9.17, 15) is 4.79 Å². The quantitative estimate of drug-likeness (QED) is 0.699. The molecule has 0 unspecified atom stereocenters. The first-order chi connectivity index (χ1) is 6.25. The summed E-state index contributed by atoms with van der Waals surface area (Å²) in [4.78, 5) is 15.0. The molecule has 4 heteroatoms. The van der Waals surface area contributed by atoms with Crippen LogP contribution in [0.4, 0.5) is 0 Å². The molecule has 0 spiro atoms. The van der Waals surface area contributed by atoms with E-state index in [0.717, 1.165) is 11.4 Å². The fourth-order valence-corrected chi connectivity index (χ4v) is 1.12. The molecule has 0 bridgehead atoms. The van der Waals surface area contributed by atoms with E-state index in [2.05, 4.69) is 10.1 Å². The van der Waals surface area contributed by atoms with Crippen molar-refractivity contribution in [1.29, 1.82) is 0 Å². The predicted molar refractivity (Wildman–Crippen MR) is 48.9 cm³/mol. The van der Waals surface area contributed by atoms with E-state index >= 15 is 0 Å². The van der Waals surface area contributed by atoms with Gasteiger partial charge in [0.05, 0.1) is 0 Å². The number of pyridine rings is 1. The van der Waals surface area contributed by atoms with E-state index in [0.29, 0.717) is 0 Å². The molecule has 0 amide bonds. The fourth-order valence-electron chi connectivity index (χ4n) is 1.12. The van der Waals surface area contributed by atoms with Gasteiger partial charge in [-0.15, -0.1) is 0 Å². The number of hydrogen-bond acceptors (Lipinski definition) is 2. The van der Waals surface area contributed by atoms with Crippen LogP contribution in [0.2, 0.25) is 0 Å². The van der Waals surface area contributed by atoms with Gasteiger partial charge in [0.1, 0.15) is 0 Å². The van der Waals surface area contributed by atoms with Crippen LogP contribution in [-0.4, -0.2) is 14.8 Å². The zero-order valence-electron chi connectivity index (χ0n) is 7.19. The van der Waals surface area contributed by atoms with Crippen LogP contribution in [0, 0.1) is 6.92 Å². The van der Waals surface area contributed by atoms with E-state index in [4.69, 9.17) is 0 Å². The number of aromatic nitrogens is 3. The third kappa shape index (κ3) is 1.51. The number of nitrogens with one attached hydrogen (secondary N) is 1. The summed E-state index contributed by atoms with van der Waals surface area (Å²) in [5.74, 6) is 0.724. The molecule has 0 saturated carbocycles. The molecule has 2 aromatic rings. The van der Waals surface area contributed by atoms with Crippen molar-refractivity contribution in [2.45, 2.75) is 6.92 Å². The number of rotatable bonds is 1. The molecule has 0 fully saturated rings. The molecule has 2 aromatic heterocycles. The third-order valence-electron chi connectivity index (χ3n) is 1.75. The number of nitrogens with zero attached hydrogens (tertiary/aromatic N) is 2. The molecule has 4 nitrogen and oxygen atoms in total. The van der Waals surface area contributed by atoms with Crippen molar-refractivity contribution >= 4 is 0 Å². The van der Waals surface area contributed by atoms with Gasteiger partial charge in [-0.25, -0.2) is 9.67 Å². The average Bonchev–Trinajstić information content (AvgIpc) is 2.52. The number of hydrogen-bond donors (Lipinski definition) is 1. The van der Waals surface area contributed by atoms with Gasteiger partial charge >= 0.3 is 0 Å². The van der Waals surface area contributed by atoms with Crippen molar-refractivity contribution in [2.75, 3.05) is 0 Å². The van der Waals surface area contributed by atoms with Gasteiger partial charge < -0.3 is 0 Å². The summed E-state index contributed by atoms with van der Waals surface area (Å²) in [7, 11) is 0. The summed E-state index contributed by atoms with van der Waals surface area (Å²) in [5, 5.41) is 2.62. The van der Waals surface area contributed by atoms with Gasteiger partial charge in [0, 0.05) is 18.5 Å². The lowest BCUT2D eigenvalue weighted by molar-refractivity contribution is 0.831. The largest absolute Gasteiger partial charge is 0.268 e. The maximum Gasteiger partial charge on any atom is 0.264 e. The van der Waals surface area contributed by atoms with Crippen molar-refractivity contribution in [1.82, 2.24) is 14.8 Å². The highest BCUT2D eigenvalue weighted by atomic mass is 16.1. The lowest BCUT2D eigenvalue weighted by Gasteiger charge is -2.00. The van der Waals surface area contributed by atoms with E-state index in [-0.39, 0.29) is 5.56 Å². The molecule has 13 heavy (non-hydrogen) atoms. The number of aryl methyl sites for hydroxylation is 1. The van der Waals surface area contributed by atoms with E-state index in [1.165, 1.54) is 6.07 Å². The molecule has 0 aliphatic heterocycles. The van der Waals surface area contributed by atoms with Crippen LogP contribution in [0.3, 0.4) is 0 Å². The summed E-state index contributed by atoms with van der Waals surface area (Å²) < 4.78 is 1.59. The van der Waals surface area contributed by atoms with Crippen LogP contribution < -0.4 is 5.56 Å². The summed E-state index contributed by atoms with van der Waals surface area (Å²) in [5.41, 5.74) is 0.989. The zero-order chi connectivity index (χ0) is 9.26. The van der Waals surface area contributed by atoms with Crippen LogP contribution in [0.5, 0.6) is 0 Å². The van der Waals surface area contributed by atoms with Crippen molar-refractivity contribution in [2.24, 2.45) is 0 Å². The van der Waals surface area contributed by atoms with Crippen molar-refractivity contribution in [3.63, 3.8) is 0 Å². The van der Waals surface area contributed by atoms with Gasteiger partial charge in [0.2, 0.25) is 0 Å². The summed E-state index contributed by atoms with van der Waals surface area (Å²) >= 11 is 0. The van der Waals surface area contributed by atoms with E-state index in [1.807, 2.05) is 19.1 Å². The Morgan fingerprint density at radius 2 is 2.31 bits per heavy atom. The van der Waals surface area contributed by atoms with Crippen LogP contribution in [0.25, 0.3) is 5.82 Å². The topological polar surface area (TPSA) is 50.7 Å². The van der Waals surface area contributed by atoms with Gasteiger partial charge in [0.25, 0.3) is 5.56 Å². The smallest absolute Gasteiger partial charge is 0.264 e. The minimum atomic E-state index is -0.122. The Hall–Kier alpha value is -1.84. The van der Waals surface area contributed by atoms with Gasteiger partial charge in [0.15, 0.2) is 5.82 Å². The van der Waals surface area contributed by atoms with Crippen molar-refractivity contribution < 1.29 is 0 Å². The molecule has 0 saturated heterocycles. The molecule has 0 aliphatic carbocycles. The molecule has 66 valence electrons. The first-order valence-corrected chi connectivity index (χ1v) is 3.96. The molecule has 2 rings (SSSR count). The second-order valence-electron chi connectivity index (χ2n) is 2.85. The Kier molecular flexibility index (Phi) is 1.73. The van der Waals surface area contributed by atoms with E-state index < -0.39 is 0 Å². The summed E-state index contributed by atoms with van der Waals surface area (Å²) in [6.07, 6.45) is 3.37. The molecule has 1 N–H and O–H groups in total. The van der Waals surface area contributed by atoms with Crippen LogP contribution >= 0.6 is 0 Å². The van der Waals surface area contributed by atoms with Crippen LogP contribution in [0.15, 0.2) is 35.4 Å². The molecule has 0 aliphatic rings. The normalized spacial score (nSPS) is 10.2. The zero-order valence-corrected chi connectivity index (χ0v) is 7.19. The van der Waals surface area contributed by atoms with Crippen molar-refractivity contribution in [3.8, 4) is 5.82 Å². The fraction of sp³-hybridized carbons (Fsp3) is 0.111. The Labute approximate surface area is 74.8 Å². The lowest BCUT2D eigenvalue weighted by atomic mass is 10.3. The molecule has 0 radical (unpaired) electrons. The monoisotopic (exact) mass is 175 g/mol. The predicted octanol–water partition coefficient (Wildman–Crippen LogP) is 0.869. The lowest BCUT2D eigenvalue weighted by Crippen LogP contribution is -2.04. The second-order valence-corrected chi connectivity index (χ2v) is 2.85. The number of aromatic amines is 1. The molecular formula is C9H9N3O. The van der Waals surface area contributed by atoms with Crippen molar-refractivity contribution in [3.05, 3.63) is 46.5 Å². The molecular weight excluding hydrogens is 166 g/mol. The first-order valence-electron chi connectivity index (χ1n) is 3.96. The molecule has 2 heterocycles. The Morgan fingerprint density at radius 1 is 1.46 bits per heavy atom. The Bertz CT molecular complexity index is 469.